The number of rotatable bonds is 2. The number of aromatic nitrogens is 2. The Morgan fingerprint density at radius 1 is 1.37 bits per heavy atom. The highest BCUT2D eigenvalue weighted by molar-refractivity contribution is 5.89. The lowest BCUT2D eigenvalue weighted by atomic mass is 10.1. The predicted octanol–water partition coefficient (Wildman–Crippen LogP) is 3.57. The van der Waals surface area contributed by atoms with Crippen LogP contribution in [-0.2, 0) is 12.8 Å². The number of hydrogen-bond donors (Lipinski definition) is 1. The van der Waals surface area contributed by atoms with Crippen LogP contribution in [0, 0.1) is 0 Å². The Hall–Kier alpha value is -2.91. The number of ether oxygens (including phenoxy) is 2. The number of carbonyl (C=O) groups excluding carboxylic acids is 1. The van der Waals surface area contributed by atoms with E-state index in [9.17, 15) is 18.0 Å². The van der Waals surface area contributed by atoms with Gasteiger partial charge in [0.25, 0.3) is 0 Å². The summed E-state index contributed by atoms with van der Waals surface area (Å²) in [4.78, 5) is 14.1. The zero-order valence-electron chi connectivity index (χ0n) is 15.0. The van der Waals surface area contributed by atoms with Gasteiger partial charge in [-0.15, -0.1) is 13.2 Å². The molecule has 0 fully saturated rings. The summed E-state index contributed by atoms with van der Waals surface area (Å²) in [5.74, 6) is 1.22. The highest BCUT2D eigenvalue weighted by atomic mass is 19.4. The molecule has 0 bridgehead atoms. The number of nitrogens with zero attached hydrogens (tertiary/aromatic N) is 3. The molecule has 0 aliphatic carbocycles. The Bertz CT molecular complexity index is 848. The van der Waals surface area contributed by atoms with Crippen molar-refractivity contribution in [2.45, 2.75) is 32.3 Å². The van der Waals surface area contributed by atoms with Crippen LogP contribution in [0.15, 0.2) is 30.6 Å². The van der Waals surface area contributed by atoms with Crippen molar-refractivity contribution in [3.63, 3.8) is 0 Å². The maximum Gasteiger partial charge on any atom is 0.504 e. The fraction of sp³-hybridized carbons (Fsp3) is 0.412. The maximum atomic E-state index is 12.6. The number of alkyl halides is 3. The van der Waals surface area contributed by atoms with Gasteiger partial charge in [0.05, 0.1) is 38.3 Å². The van der Waals surface area contributed by atoms with Gasteiger partial charge in [0.1, 0.15) is 17.1 Å². The van der Waals surface area contributed by atoms with Gasteiger partial charge in [-0.2, -0.15) is 9.78 Å². The Balaban J connectivity index is 1.80. The minimum Gasteiger partial charge on any atom is -0.497 e. The first-order valence-corrected chi connectivity index (χ1v) is 8.11. The maximum absolute atomic E-state index is 12.6. The van der Waals surface area contributed by atoms with Crippen molar-refractivity contribution in [1.82, 2.24) is 14.7 Å². The molecule has 27 heavy (non-hydrogen) atoms. The van der Waals surface area contributed by atoms with Gasteiger partial charge in [-0.25, -0.2) is 4.79 Å². The van der Waals surface area contributed by atoms with E-state index in [0.29, 0.717) is 11.5 Å². The van der Waals surface area contributed by atoms with E-state index >= 15 is 0 Å². The van der Waals surface area contributed by atoms with Crippen molar-refractivity contribution in [3.05, 3.63) is 36.2 Å². The second-order valence-corrected chi connectivity index (χ2v) is 6.76. The molecule has 0 atom stereocenters. The van der Waals surface area contributed by atoms with Crippen LogP contribution in [0.1, 0.15) is 19.4 Å². The molecule has 0 radical (unpaired) electrons. The number of fused-ring (bicyclic) bond motifs is 1. The standard InChI is InChI=1S/C17H19F3N4O3/c1-16(2)10-23(8-11-4-5-13(26-3)6-14(11)27-16)15(25)22-12-7-21-24(9-12)17(18,19)20/h4-7,9H,8,10H2,1-3H3,(H,22,25). The summed E-state index contributed by atoms with van der Waals surface area (Å²) in [5, 5.41) is 5.65. The van der Waals surface area contributed by atoms with Crippen LogP contribution in [0.4, 0.5) is 23.7 Å². The minimum atomic E-state index is -4.64. The Morgan fingerprint density at radius 3 is 2.74 bits per heavy atom. The summed E-state index contributed by atoms with van der Waals surface area (Å²) < 4.78 is 48.9. The van der Waals surface area contributed by atoms with Crippen LogP contribution in [-0.4, -0.2) is 40.0 Å². The Morgan fingerprint density at radius 2 is 2.11 bits per heavy atom. The van der Waals surface area contributed by atoms with E-state index in [1.54, 1.807) is 25.3 Å². The van der Waals surface area contributed by atoms with Gasteiger partial charge in [0.15, 0.2) is 0 Å². The summed E-state index contributed by atoms with van der Waals surface area (Å²) in [6, 6.07) is 4.74. The SMILES string of the molecule is COc1ccc2c(c1)OC(C)(C)CN(C(=O)Nc1cnn(C(F)(F)F)c1)C2. The molecular formula is C17H19F3N4O3. The highest BCUT2D eigenvalue weighted by Crippen LogP contribution is 2.33. The van der Waals surface area contributed by atoms with Crippen LogP contribution in [0.25, 0.3) is 0 Å². The first kappa shape index (κ1) is 18.9. The lowest BCUT2D eigenvalue weighted by Crippen LogP contribution is -2.44. The molecule has 1 aliphatic rings. The third-order valence-corrected chi connectivity index (χ3v) is 3.97. The van der Waals surface area contributed by atoms with Crippen LogP contribution < -0.4 is 14.8 Å². The molecule has 3 rings (SSSR count). The highest BCUT2D eigenvalue weighted by Gasteiger charge is 2.33. The molecule has 146 valence electrons. The molecule has 10 heteroatoms. The number of halogens is 3. The average molecular weight is 384 g/mol. The van der Waals surface area contributed by atoms with Gasteiger partial charge in [-0.1, -0.05) is 0 Å². The topological polar surface area (TPSA) is 68.6 Å². The van der Waals surface area contributed by atoms with E-state index in [1.165, 1.54) is 4.90 Å². The van der Waals surface area contributed by atoms with E-state index in [4.69, 9.17) is 9.47 Å². The fourth-order valence-corrected chi connectivity index (χ4v) is 2.81. The quantitative estimate of drug-likeness (QED) is 0.860. The van der Waals surface area contributed by atoms with Gasteiger partial charge < -0.3 is 19.7 Å². The van der Waals surface area contributed by atoms with E-state index in [2.05, 4.69) is 10.4 Å². The number of nitrogens with one attached hydrogen (secondary N) is 1. The van der Waals surface area contributed by atoms with E-state index < -0.39 is 17.9 Å². The van der Waals surface area contributed by atoms with Crippen LogP contribution in [0.3, 0.4) is 0 Å². The summed E-state index contributed by atoms with van der Waals surface area (Å²) in [5.41, 5.74) is 0.0169. The predicted molar refractivity (Wildman–Crippen MR) is 90.7 cm³/mol. The number of methoxy groups -OCH3 is 1. The molecule has 0 saturated heterocycles. The molecule has 0 unspecified atom stereocenters. The van der Waals surface area contributed by atoms with Crippen molar-refractivity contribution in [2.75, 3.05) is 19.0 Å². The third kappa shape index (κ3) is 4.26. The van der Waals surface area contributed by atoms with Crippen LogP contribution in [0.5, 0.6) is 11.5 Å². The van der Waals surface area contributed by atoms with Gasteiger partial charge in [0, 0.05) is 11.6 Å². The first-order chi connectivity index (χ1) is 12.6. The van der Waals surface area contributed by atoms with Crippen molar-refractivity contribution < 1.29 is 27.4 Å². The molecule has 2 aromatic rings. The van der Waals surface area contributed by atoms with E-state index in [0.717, 1.165) is 18.0 Å². The zero-order chi connectivity index (χ0) is 19.8. The van der Waals surface area contributed by atoms with Gasteiger partial charge >= 0.3 is 12.3 Å². The molecule has 0 saturated carbocycles. The monoisotopic (exact) mass is 384 g/mol. The van der Waals surface area contributed by atoms with Crippen molar-refractivity contribution >= 4 is 11.7 Å². The van der Waals surface area contributed by atoms with Gasteiger partial charge in [-0.3, -0.25) is 0 Å². The Labute approximate surface area is 153 Å². The lowest BCUT2D eigenvalue weighted by molar-refractivity contribution is -0.212. The Kier molecular flexibility index (Phi) is 4.66. The van der Waals surface area contributed by atoms with Crippen molar-refractivity contribution in [1.29, 1.82) is 0 Å². The average Bonchev–Trinajstić information content (AvgIpc) is 2.98. The minimum absolute atomic E-state index is 0.0461. The third-order valence-electron chi connectivity index (χ3n) is 3.97. The molecule has 1 aliphatic heterocycles. The number of benzene rings is 1. The largest absolute Gasteiger partial charge is 0.504 e. The molecule has 1 N–H and O–H groups in total. The lowest BCUT2D eigenvalue weighted by Gasteiger charge is -2.29. The molecular weight excluding hydrogens is 365 g/mol. The molecule has 2 amide bonds. The van der Waals surface area contributed by atoms with Crippen LogP contribution >= 0.6 is 0 Å². The smallest absolute Gasteiger partial charge is 0.497 e. The zero-order valence-corrected chi connectivity index (χ0v) is 15.0. The van der Waals surface area contributed by atoms with Crippen LogP contribution in [0.2, 0.25) is 0 Å². The van der Waals surface area contributed by atoms with Gasteiger partial charge in [-0.05, 0) is 26.0 Å². The molecule has 7 nitrogen and oxygen atoms in total. The molecule has 0 spiro atoms. The van der Waals surface area contributed by atoms with Gasteiger partial charge in [0.2, 0.25) is 0 Å². The fourth-order valence-electron chi connectivity index (χ4n) is 2.81. The summed E-state index contributed by atoms with van der Waals surface area (Å²) in [7, 11) is 1.55. The molecule has 2 heterocycles. The number of anilines is 1. The number of urea groups is 1. The van der Waals surface area contributed by atoms with E-state index in [1.807, 2.05) is 13.8 Å². The number of carbonyl (C=O) groups is 1. The summed E-state index contributed by atoms with van der Waals surface area (Å²) in [6.45, 7) is 4.12. The summed E-state index contributed by atoms with van der Waals surface area (Å²) in [6.07, 6.45) is -2.97. The van der Waals surface area contributed by atoms with Crippen molar-refractivity contribution in [3.8, 4) is 11.5 Å². The second-order valence-electron chi connectivity index (χ2n) is 6.76. The number of hydrogen-bond acceptors (Lipinski definition) is 4. The van der Waals surface area contributed by atoms with E-state index in [-0.39, 0.29) is 23.5 Å². The first-order valence-electron chi connectivity index (χ1n) is 8.11. The molecule has 1 aromatic carbocycles. The molecule has 1 aromatic heterocycles. The normalized spacial score (nSPS) is 16.1. The van der Waals surface area contributed by atoms with Crippen molar-refractivity contribution in [2.24, 2.45) is 0 Å². The second kappa shape index (κ2) is 6.67. The number of amides is 2. The summed E-state index contributed by atoms with van der Waals surface area (Å²) >= 11 is 0.